The molecule has 0 aromatic carbocycles. The Morgan fingerprint density at radius 1 is 1.50 bits per heavy atom. The summed E-state index contributed by atoms with van der Waals surface area (Å²) in [6.45, 7) is 3.37. The smallest absolute Gasteiger partial charge is 0.0931 e. The molecule has 3 heteroatoms. The first-order valence-corrected chi connectivity index (χ1v) is 7.46. The van der Waals surface area contributed by atoms with Gasteiger partial charge in [-0.05, 0) is 43.7 Å². The molecular formula is C13H20ClNS. The summed E-state index contributed by atoms with van der Waals surface area (Å²) in [6.07, 6.45) is 6.60. The maximum Gasteiger partial charge on any atom is 0.0931 e. The van der Waals surface area contributed by atoms with Crippen molar-refractivity contribution in [3.8, 4) is 0 Å². The van der Waals surface area contributed by atoms with Gasteiger partial charge in [0.05, 0.1) is 4.34 Å². The highest BCUT2D eigenvalue weighted by atomic mass is 35.5. The molecule has 0 radical (unpaired) electrons. The zero-order valence-corrected chi connectivity index (χ0v) is 11.4. The quantitative estimate of drug-likeness (QED) is 0.775. The van der Waals surface area contributed by atoms with Gasteiger partial charge in [-0.2, -0.15) is 0 Å². The topological polar surface area (TPSA) is 12.0 Å². The SMILES string of the molecule is CCCC(NCCc1ccc(Cl)s1)C1CC1. The number of hydrogen-bond donors (Lipinski definition) is 1. The fraction of sp³-hybridized carbons (Fsp3) is 0.692. The van der Waals surface area contributed by atoms with Gasteiger partial charge in [-0.3, -0.25) is 0 Å². The van der Waals surface area contributed by atoms with Crippen molar-refractivity contribution < 1.29 is 0 Å². The number of thiophene rings is 1. The lowest BCUT2D eigenvalue weighted by molar-refractivity contribution is 0.434. The number of rotatable bonds is 7. The van der Waals surface area contributed by atoms with Crippen molar-refractivity contribution >= 4 is 22.9 Å². The Morgan fingerprint density at radius 3 is 2.88 bits per heavy atom. The van der Waals surface area contributed by atoms with E-state index in [-0.39, 0.29) is 0 Å². The van der Waals surface area contributed by atoms with E-state index < -0.39 is 0 Å². The van der Waals surface area contributed by atoms with Crippen LogP contribution >= 0.6 is 22.9 Å². The van der Waals surface area contributed by atoms with Crippen LogP contribution in [0.3, 0.4) is 0 Å². The molecule has 0 saturated heterocycles. The molecule has 0 spiro atoms. The van der Waals surface area contributed by atoms with Gasteiger partial charge < -0.3 is 5.32 Å². The normalized spacial score (nSPS) is 17.6. The molecule has 16 heavy (non-hydrogen) atoms. The minimum atomic E-state index is 0.764. The van der Waals surface area contributed by atoms with E-state index in [1.807, 2.05) is 6.07 Å². The molecule has 1 N–H and O–H groups in total. The molecule has 1 nitrogen and oxygen atoms in total. The first kappa shape index (κ1) is 12.4. The fourth-order valence-corrected chi connectivity index (χ4v) is 3.27. The van der Waals surface area contributed by atoms with Crippen molar-refractivity contribution in [1.82, 2.24) is 5.32 Å². The van der Waals surface area contributed by atoms with Gasteiger partial charge in [-0.15, -0.1) is 11.3 Å². The Bertz CT molecular complexity index is 319. The zero-order chi connectivity index (χ0) is 11.4. The Hall–Kier alpha value is -0.0500. The van der Waals surface area contributed by atoms with Crippen LogP contribution < -0.4 is 5.32 Å². The molecule has 1 aliphatic carbocycles. The monoisotopic (exact) mass is 257 g/mol. The maximum atomic E-state index is 5.91. The van der Waals surface area contributed by atoms with E-state index in [0.29, 0.717) is 0 Å². The predicted molar refractivity (Wildman–Crippen MR) is 72.5 cm³/mol. The van der Waals surface area contributed by atoms with Crippen LogP contribution in [0.4, 0.5) is 0 Å². The highest BCUT2D eigenvalue weighted by Gasteiger charge is 2.29. The third-order valence-electron chi connectivity index (χ3n) is 3.20. The molecule has 1 heterocycles. The third-order valence-corrected chi connectivity index (χ3v) is 4.49. The van der Waals surface area contributed by atoms with Crippen LogP contribution in [-0.2, 0) is 6.42 Å². The molecule has 1 unspecified atom stereocenters. The van der Waals surface area contributed by atoms with Gasteiger partial charge in [-0.1, -0.05) is 24.9 Å². The van der Waals surface area contributed by atoms with Crippen molar-refractivity contribution in [1.29, 1.82) is 0 Å². The van der Waals surface area contributed by atoms with Crippen LogP contribution in [0.5, 0.6) is 0 Å². The number of nitrogens with one attached hydrogen (secondary N) is 1. The molecule has 0 bridgehead atoms. The molecule has 0 amide bonds. The van der Waals surface area contributed by atoms with Crippen LogP contribution in [-0.4, -0.2) is 12.6 Å². The van der Waals surface area contributed by atoms with E-state index in [1.54, 1.807) is 11.3 Å². The molecule has 0 aliphatic heterocycles. The molecule has 1 aromatic rings. The Morgan fingerprint density at radius 2 is 2.31 bits per heavy atom. The van der Waals surface area contributed by atoms with Crippen LogP contribution in [0, 0.1) is 5.92 Å². The van der Waals surface area contributed by atoms with Crippen molar-refractivity contribution in [3.63, 3.8) is 0 Å². The molecule has 1 aliphatic rings. The fourth-order valence-electron chi connectivity index (χ4n) is 2.18. The Balaban J connectivity index is 1.69. The summed E-state index contributed by atoms with van der Waals surface area (Å²) in [4.78, 5) is 1.39. The van der Waals surface area contributed by atoms with Crippen LogP contribution in [0.2, 0.25) is 4.34 Å². The van der Waals surface area contributed by atoms with Gasteiger partial charge in [-0.25, -0.2) is 0 Å². The largest absolute Gasteiger partial charge is 0.313 e. The van der Waals surface area contributed by atoms with Crippen molar-refractivity contribution in [2.24, 2.45) is 5.92 Å². The molecule has 1 saturated carbocycles. The summed E-state index contributed by atoms with van der Waals surface area (Å²) in [5.41, 5.74) is 0. The first-order valence-electron chi connectivity index (χ1n) is 6.27. The summed E-state index contributed by atoms with van der Waals surface area (Å²) in [6, 6.07) is 4.90. The van der Waals surface area contributed by atoms with E-state index in [4.69, 9.17) is 11.6 Å². The molecule has 1 fully saturated rings. The standard InChI is InChI=1S/C13H20ClNS/c1-2-3-12(10-4-5-10)15-9-8-11-6-7-13(14)16-11/h6-7,10,12,15H,2-5,8-9H2,1H3. The predicted octanol–water partition coefficient (Wildman–Crippen LogP) is 4.11. The van der Waals surface area contributed by atoms with E-state index in [0.717, 1.165) is 29.3 Å². The minimum absolute atomic E-state index is 0.764. The summed E-state index contributed by atoms with van der Waals surface area (Å²) in [5.74, 6) is 0.965. The van der Waals surface area contributed by atoms with Crippen LogP contribution in [0.1, 0.15) is 37.5 Å². The molecule has 2 rings (SSSR count). The van der Waals surface area contributed by atoms with Crippen LogP contribution in [0.25, 0.3) is 0 Å². The zero-order valence-electron chi connectivity index (χ0n) is 9.84. The minimum Gasteiger partial charge on any atom is -0.313 e. The summed E-state index contributed by atoms with van der Waals surface area (Å²) < 4.78 is 0.905. The summed E-state index contributed by atoms with van der Waals surface area (Å²) >= 11 is 7.61. The first-order chi connectivity index (χ1) is 7.79. The average molecular weight is 258 g/mol. The van der Waals surface area contributed by atoms with E-state index in [9.17, 15) is 0 Å². The molecule has 1 aromatic heterocycles. The highest BCUT2D eigenvalue weighted by Crippen LogP contribution is 2.34. The Kier molecular flexibility index (Phi) is 4.68. The van der Waals surface area contributed by atoms with Gasteiger partial charge in [0.1, 0.15) is 0 Å². The lowest BCUT2D eigenvalue weighted by Crippen LogP contribution is -2.32. The van der Waals surface area contributed by atoms with E-state index >= 15 is 0 Å². The average Bonchev–Trinajstić information content (AvgIpc) is 3.02. The maximum absolute atomic E-state index is 5.91. The van der Waals surface area contributed by atoms with Crippen LogP contribution in [0.15, 0.2) is 12.1 Å². The van der Waals surface area contributed by atoms with Gasteiger partial charge in [0, 0.05) is 17.5 Å². The summed E-state index contributed by atoms with van der Waals surface area (Å²) in [7, 11) is 0. The number of hydrogen-bond acceptors (Lipinski definition) is 2. The number of halogens is 1. The van der Waals surface area contributed by atoms with E-state index in [1.165, 1.54) is 30.6 Å². The van der Waals surface area contributed by atoms with Crippen molar-refractivity contribution in [2.45, 2.75) is 45.1 Å². The molecule has 1 atom stereocenters. The molecular weight excluding hydrogens is 238 g/mol. The van der Waals surface area contributed by atoms with Gasteiger partial charge in [0.15, 0.2) is 0 Å². The summed E-state index contributed by atoms with van der Waals surface area (Å²) in [5, 5.41) is 3.70. The lowest BCUT2D eigenvalue weighted by atomic mass is 10.1. The second-order valence-electron chi connectivity index (χ2n) is 4.64. The Labute approximate surface area is 107 Å². The lowest BCUT2D eigenvalue weighted by Gasteiger charge is -2.16. The second-order valence-corrected chi connectivity index (χ2v) is 6.44. The van der Waals surface area contributed by atoms with Gasteiger partial charge in [0.25, 0.3) is 0 Å². The highest BCUT2D eigenvalue weighted by molar-refractivity contribution is 7.16. The van der Waals surface area contributed by atoms with Gasteiger partial charge >= 0.3 is 0 Å². The second kappa shape index (κ2) is 6.04. The van der Waals surface area contributed by atoms with Gasteiger partial charge in [0.2, 0.25) is 0 Å². The van der Waals surface area contributed by atoms with Crippen molar-refractivity contribution in [3.05, 3.63) is 21.3 Å². The molecule has 90 valence electrons. The van der Waals surface area contributed by atoms with Crippen molar-refractivity contribution in [2.75, 3.05) is 6.54 Å². The third kappa shape index (κ3) is 3.76. The van der Waals surface area contributed by atoms with E-state index in [2.05, 4.69) is 18.3 Å².